The van der Waals surface area contributed by atoms with Gasteiger partial charge in [-0.1, -0.05) is 32.9 Å². The van der Waals surface area contributed by atoms with Crippen molar-refractivity contribution in [3.05, 3.63) is 75.6 Å². The molecule has 1 aliphatic heterocycles. The molecule has 0 saturated carbocycles. The molecule has 2 amide bonds. The maximum atomic E-state index is 12.9. The van der Waals surface area contributed by atoms with Gasteiger partial charge in [-0.3, -0.25) is 9.59 Å². The Labute approximate surface area is 193 Å². The SMILES string of the molecule is Cc1cc(=O)oc2cc(NC(=O)C3CCN(C(=O)c4ccc(C(C)(C)C)cc4)CC3)ccc12. The summed E-state index contributed by atoms with van der Waals surface area (Å²) in [7, 11) is 0. The van der Waals surface area contributed by atoms with Gasteiger partial charge in [-0.25, -0.2) is 4.79 Å². The summed E-state index contributed by atoms with van der Waals surface area (Å²) in [5.41, 5.74) is 3.39. The summed E-state index contributed by atoms with van der Waals surface area (Å²) in [6.07, 6.45) is 1.22. The lowest BCUT2D eigenvalue weighted by molar-refractivity contribution is -0.121. The highest BCUT2D eigenvalue weighted by atomic mass is 16.4. The smallest absolute Gasteiger partial charge is 0.336 e. The molecule has 0 atom stereocenters. The Hall–Kier alpha value is -3.41. The van der Waals surface area contributed by atoms with Crippen molar-refractivity contribution in [3.63, 3.8) is 0 Å². The predicted molar refractivity (Wildman–Crippen MR) is 130 cm³/mol. The Bertz CT molecular complexity index is 1240. The second-order valence-electron chi connectivity index (χ2n) is 9.84. The first-order valence-electron chi connectivity index (χ1n) is 11.4. The van der Waals surface area contributed by atoms with Crippen LogP contribution in [0.3, 0.4) is 0 Å². The number of nitrogens with one attached hydrogen (secondary N) is 1. The van der Waals surface area contributed by atoms with Crippen LogP contribution < -0.4 is 10.9 Å². The summed E-state index contributed by atoms with van der Waals surface area (Å²) in [5.74, 6) is -0.238. The van der Waals surface area contributed by atoms with Gasteiger partial charge in [0, 0.05) is 47.8 Å². The van der Waals surface area contributed by atoms with Crippen LogP contribution in [0, 0.1) is 12.8 Å². The molecular weight excluding hydrogens is 416 g/mol. The molecule has 0 unspecified atom stereocenters. The summed E-state index contributed by atoms with van der Waals surface area (Å²) in [5, 5.41) is 3.78. The zero-order valence-electron chi connectivity index (χ0n) is 19.6. The predicted octanol–water partition coefficient (Wildman–Crippen LogP) is 4.89. The molecule has 2 heterocycles. The number of anilines is 1. The second-order valence-corrected chi connectivity index (χ2v) is 9.84. The zero-order valence-corrected chi connectivity index (χ0v) is 19.6. The van der Waals surface area contributed by atoms with Crippen LogP contribution in [0.2, 0.25) is 0 Å². The first-order valence-corrected chi connectivity index (χ1v) is 11.4. The number of benzene rings is 2. The van der Waals surface area contributed by atoms with Crippen LogP contribution in [0.15, 0.2) is 57.7 Å². The fourth-order valence-electron chi connectivity index (χ4n) is 4.29. The molecule has 172 valence electrons. The number of hydrogen-bond acceptors (Lipinski definition) is 4. The molecule has 2 aromatic carbocycles. The monoisotopic (exact) mass is 446 g/mol. The van der Waals surface area contributed by atoms with Gasteiger partial charge in [-0.2, -0.15) is 0 Å². The number of nitrogens with zero attached hydrogens (tertiary/aromatic N) is 1. The summed E-state index contributed by atoms with van der Waals surface area (Å²) in [6.45, 7) is 9.39. The second kappa shape index (κ2) is 8.85. The van der Waals surface area contributed by atoms with E-state index in [0.29, 0.717) is 42.8 Å². The molecule has 1 N–H and O–H groups in total. The average Bonchev–Trinajstić information content (AvgIpc) is 2.78. The average molecular weight is 447 g/mol. The van der Waals surface area contributed by atoms with Gasteiger partial charge in [0.1, 0.15) is 5.58 Å². The van der Waals surface area contributed by atoms with Crippen LogP contribution in [0.4, 0.5) is 5.69 Å². The molecule has 0 radical (unpaired) electrons. The van der Waals surface area contributed by atoms with Crippen molar-refractivity contribution in [1.82, 2.24) is 4.90 Å². The van der Waals surface area contributed by atoms with Crippen LogP contribution >= 0.6 is 0 Å². The number of aryl methyl sites for hydroxylation is 1. The maximum absolute atomic E-state index is 12.9. The van der Waals surface area contributed by atoms with Crippen LogP contribution in [-0.2, 0) is 10.2 Å². The molecule has 3 aromatic rings. The number of amides is 2. The fourth-order valence-corrected chi connectivity index (χ4v) is 4.29. The molecule has 1 aromatic heterocycles. The molecule has 1 aliphatic rings. The third kappa shape index (κ3) is 5.00. The minimum Gasteiger partial charge on any atom is -0.423 e. The minimum absolute atomic E-state index is 0.00856. The molecule has 0 spiro atoms. The summed E-state index contributed by atoms with van der Waals surface area (Å²) >= 11 is 0. The lowest BCUT2D eigenvalue weighted by atomic mass is 9.86. The van der Waals surface area contributed by atoms with E-state index >= 15 is 0 Å². The van der Waals surface area contributed by atoms with E-state index in [1.165, 1.54) is 11.6 Å². The van der Waals surface area contributed by atoms with E-state index in [9.17, 15) is 14.4 Å². The standard InChI is InChI=1S/C27H30N2O4/c1-17-15-24(30)33-23-16-21(9-10-22(17)23)28-25(31)18-11-13-29(14-12-18)26(32)19-5-7-20(8-6-19)27(2,3)4/h5-10,15-16,18H,11-14H2,1-4H3,(H,28,31). The normalized spacial score (nSPS) is 15.0. The minimum atomic E-state index is -0.409. The highest BCUT2D eigenvalue weighted by molar-refractivity contribution is 5.96. The number of fused-ring (bicyclic) bond motifs is 1. The molecule has 1 saturated heterocycles. The van der Waals surface area contributed by atoms with Gasteiger partial charge in [0.15, 0.2) is 0 Å². The van der Waals surface area contributed by atoms with E-state index in [1.807, 2.05) is 48.2 Å². The first-order chi connectivity index (χ1) is 15.6. The molecule has 0 aliphatic carbocycles. The number of carbonyl (C=O) groups is 2. The molecule has 6 nitrogen and oxygen atoms in total. The molecule has 33 heavy (non-hydrogen) atoms. The Morgan fingerprint density at radius 3 is 2.30 bits per heavy atom. The van der Waals surface area contributed by atoms with Crippen molar-refractivity contribution < 1.29 is 14.0 Å². The van der Waals surface area contributed by atoms with Crippen molar-refractivity contribution in [2.24, 2.45) is 5.92 Å². The van der Waals surface area contributed by atoms with Gasteiger partial charge in [0.25, 0.3) is 5.91 Å². The Balaban J connectivity index is 1.36. The van der Waals surface area contributed by atoms with Gasteiger partial charge in [-0.15, -0.1) is 0 Å². The molecule has 6 heteroatoms. The van der Waals surface area contributed by atoms with Gasteiger partial charge in [0.2, 0.25) is 5.91 Å². The molecular formula is C27H30N2O4. The lowest BCUT2D eigenvalue weighted by Gasteiger charge is -2.31. The van der Waals surface area contributed by atoms with Gasteiger partial charge < -0.3 is 14.6 Å². The largest absolute Gasteiger partial charge is 0.423 e. The quantitative estimate of drug-likeness (QED) is 0.581. The van der Waals surface area contributed by atoms with Crippen LogP contribution in [0.1, 0.15) is 55.1 Å². The Morgan fingerprint density at radius 2 is 1.67 bits per heavy atom. The van der Waals surface area contributed by atoms with Crippen LogP contribution in [-0.4, -0.2) is 29.8 Å². The zero-order chi connectivity index (χ0) is 23.8. The fraction of sp³-hybridized carbons (Fsp3) is 0.370. The Kier molecular flexibility index (Phi) is 6.11. The van der Waals surface area contributed by atoms with E-state index in [-0.39, 0.29) is 23.1 Å². The lowest BCUT2D eigenvalue weighted by Crippen LogP contribution is -2.41. The van der Waals surface area contributed by atoms with Crippen molar-refractivity contribution in [2.45, 2.75) is 46.0 Å². The van der Waals surface area contributed by atoms with Crippen LogP contribution in [0.25, 0.3) is 11.0 Å². The van der Waals surface area contributed by atoms with E-state index < -0.39 is 5.63 Å². The van der Waals surface area contributed by atoms with E-state index in [1.54, 1.807) is 6.07 Å². The van der Waals surface area contributed by atoms with Gasteiger partial charge in [-0.05, 0) is 60.6 Å². The summed E-state index contributed by atoms with van der Waals surface area (Å²) in [6, 6.07) is 14.6. The number of piperidine rings is 1. The molecule has 0 bridgehead atoms. The first kappa shape index (κ1) is 22.8. The highest BCUT2D eigenvalue weighted by Crippen LogP contribution is 2.25. The Morgan fingerprint density at radius 1 is 1.00 bits per heavy atom. The third-order valence-electron chi connectivity index (χ3n) is 6.37. The third-order valence-corrected chi connectivity index (χ3v) is 6.37. The van der Waals surface area contributed by atoms with Gasteiger partial charge >= 0.3 is 5.63 Å². The van der Waals surface area contributed by atoms with Crippen molar-refractivity contribution >= 4 is 28.5 Å². The highest BCUT2D eigenvalue weighted by Gasteiger charge is 2.28. The van der Waals surface area contributed by atoms with Crippen molar-refractivity contribution in [1.29, 1.82) is 0 Å². The number of likely N-dealkylation sites (tertiary alicyclic amines) is 1. The summed E-state index contributed by atoms with van der Waals surface area (Å²) < 4.78 is 5.27. The van der Waals surface area contributed by atoms with Crippen LogP contribution in [0.5, 0.6) is 0 Å². The maximum Gasteiger partial charge on any atom is 0.336 e. The molecule has 4 rings (SSSR count). The van der Waals surface area contributed by atoms with E-state index in [4.69, 9.17) is 4.42 Å². The number of carbonyl (C=O) groups excluding carboxylic acids is 2. The summed E-state index contributed by atoms with van der Waals surface area (Å²) in [4.78, 5) is 39.2. The number of hydrogen-bond donors (Lipinski definition) is 1. The van der Waals surface area contributed by atoms with Crippen molar-refractivity contribution in [2.75, 3.05) is 18.4 Å². The topological polar surface area (TPSA) is 79.6 Å². The van der Waals surface area contributed by atoms with Crippen molar-refractivity contribution in [3.8, 4) is 0 Å². The van der Waals surface area contributed by atoms with E-state index in [0.717, 1.165) is 10.9 Å². The molecule has 1 fully saturated rings. The van der Waals surface area contributed by atoms with Gasteiger partial charge in [0.05, 0.1) is 0 Å². The van der Waals surface area contributed by atoms with E-state index in [2.05, 4.69) is 26.1 Å². The number of rotatable bonds is 3.